The van der Waals surface area contributed by atoms with Crippen LogP contribution in [-0.4, -0.2) is 32.9 Å². The lowest BCUT2D eigenvalue weighted by Crippen LogP contribution is -2.49. The second-order valence-electron chi connectivity index (χ2n) is 7.23. The molecule has 5 nitrogen and oxygen atoms in total. The molecular formula is C25H24O5. The van der Waals surface area contributed by atoms with E-state index in [1.54, 1.807) is 0 Å². The fourth-order valence-electron chi connectivity index (χ4n) is 3.37. The maximum Gasteiger partial charge on any atom is 0.331 e. The SMILES string of the molecule is COC(=O)COC1(c2ccc(OCc3cccc(-c4ccccc4)c3)cc2)COC1. The molecule has 154 valence electrons. The number of hydrogen-bond donors (Lipinski definition) is 0. The van der Waals surface area contributed by atoms with Crippen molar-refractivity contribution in [1.82, 2.24) is 0 Å². The number of methoxy groups -OCH3 is 1. The summed E-state index contributed by atoms with van der Waals surface area (Å²) in [7, 11) is 1.34. The molecule has 1 saturated heterocycles. The Labute approximate surface area is 176 Å². The van der Waals surface area contributed by atoms with Gasteiger partial charge in [-0.1, -0.05) is 60.7 Å². The van der Waals surface area contributed by atoms with Crippen molar-refractivity contribution in [2.45, 2.75) is 12.2 Å². The Morgan fingerprint density at radius 1 is 0.933 bits per heavy atom. The molecule has 30 heavy (non-hydrogen) atoms. The van der Waals surface area contributed by atoms with E-state index in [0.717, 1.165) is 16.9 Å². The summed E-state index contributed by atoms with van der Waals surface area (Å²) < 4.78 is 21.7. The fraction of sp³-hybridized carbons (Fsp3) is 0.240. The van der Waals surface area contributed by atoms with Gasteiger partial charge in [0.05, 0.1) is 20.3 Å². The lowest BCUT2D eigenvalue weighted by Gasteiger charge is -2.41. The van der Waals surface area contributed by atoms with E-state index in [1.165, 1.54) is 18.2 Å². The van der Waals surface area contributed by atoms with Crippen molar-refractivity contribution < 1.29 is 23.7 Å². The highest BCUT2D eigenvalue weighted by molar-refractivity contribution is 5.70. The van der Waals surface area contributed by atoms with Gasteiger partial charge in [0.15, 0.2) is 0 Å². The van der Waals surface area contributed by atoms with Gasteiger partial charge in [0.1, 0.15) is 24.6 Å². The standard InChI is InChI=1S/C25H24O5/c1-27-24(26)16-30-25(17-28-18-25)22-10-12-23(13-11-22)29-15-19-6-5-9-21(14-19)20-7-3-2-4-8-20/h2-14H,15-18H2,1H3. The van der Waals surface area contributed by atoms with Crippen LogP contribution in [0.1, 0.15) is 11.1 Å². The smallest absolute Gasteiger partial charge is 0.331 e. The van der Waals surface area contributed by atoms with Crippen molar-refractivity contribution >= 4 is 5.97 Å². The zero-order chi connectivity index (χ0) is 20.8. The number of carbonyl (C=O) groups is 1. The van der Waals surface area contributed by atoms with Crippen LogP contribution in [0.15, 0.2) is 78.9 Å². The Kier molecular flexibility index (Phi) is 6.12. The first-order valence-corrected chi connectivity index (χ1v) is 9.85. The second-order valence-corrected chi connectivity index (χ2v) is 7.23. The average Bonchev–Trinajstić information content (AvgIpc) is 2.78. The van der Waals surface area contributed by atoms with E-state index in [4.69, 9.17) is 14.2 Å². The molecule has 3 aromatic rings. The highest BCUT2D eigenvalue weighted by Crippen LogP contribution is 2.34. The molecule has 0 bridgehead atoms. The first-order chi connectivity index (χ1) is 14.7. The number of rotatable bonds is 8. The van der Waals surface area contributed by atoms with Gasteiger partial charge in [-0.2, -0.15) is 0 Å². The van der Waals surface area contributed by atoms with Crippen LogP contribution in [0, 0.1) is 0 Å². The van der Waals surface area contributed by atoms with Gasteiger partial charge in [0.2, 0.25) is 0 Å². The van der Waals surface area contributed by atoms with E-state index in [2.05, 4.69) is 35.1 Å². The maximum absolute atomic E-state index is 11.4. The molecule has 3 aromatic carbocycles. The molecule has 0 spiro atoms. The summed E-state index contributed by atoms with van der Waals surface area (Å²) in [4.78, 5) is 11.4. The van der Waals surface area contributed by atoms with Crippen molar-refractivity contribution in [3.8, 4) is 16.9 Å². The van der Waals surface area contributed by atoms with Gasteiger partial charge in [0, 0.05) is 0 Å². The van der Waals surface area contributed by atoms with Gasteiger partial charge in [-0.15, -0.1) is 0 Å². The van der Waals surface area contributed by atoms with E-state index in [-0.39, 0.29) is 6.61 Å². The van der Waals surface area contributed by atoms with Crippen molar-refractivity contribution in [3.63, 3.8) is 0 Å². The zero-order valence-corrected chi connectivity index (χ0v) is 16.9. The zero-order valence-electron chi connectivity index (χ0n) is 16.9. The van der Waals surface area contributed by atoms with Crippen LogP contribution < -0.4 is 4.74 Å². The van der Waals surface area contributed by atoms with Crippen molar-refractivity contribution in [3.05, 3.63) is 90.0 Å². The summed E-state index contributed by atoms with van der Waals surface area (Å²) >= 11 is 0. The number of ether oxygens (including phenoxy) is 4. The normalized spacial score (nSPS) is 14.6. The van der Waals surface area contributed by atoms with Gasteiger partial charge < -0.3 is 18.9 Å². The third kappa shape index (κ3) is 4.53. The van der Waals surface area contributed by atoms with Gasteiger partial charge in [0.25, 0.3) is 0 Å². The van der Waals surface area contributed by atoms with Crippen LogP contribution in [0.5, 0.6) is 5.75 Å². The third-order valence-electron chi connectivity index (χ3n) is 5.18. The Morgan fingerprint density at radius 3 is 2.33 bits per heavy atom. The van der Waals surface area contributed by atoms with Crippen LogP contribution in [0.3, 0.4) is 0 Å². The lowest BCUT2D eigenvalue weighted by molar-refractivity contribution is -0.220. The van der Waals surface area contributed by atoms with Gasteiger partial charge >= 0.3 is 5.97 Å². The number of carbonyl (C=O) groups excluding carboxylic acids is 1. The van der Waals surface area contributed by atoms with Crippen molar-refractivity contribution in [1.29, 1.82) is 0 Å². The Morgan fingerprint density at radius 2 is 1.67 bits per heavy atom. The molecule has 0 saturated carbocycles. The Balaban J connectivity index is 1.39. The highest BCUT2D eigenvalue weighted by atomic mass is 16.6. The molecule has 0 N–H and O–H groups in total. The summed E-state index contributed by atoms with van der Waals surface area (Å²) in [6, 6.07) is 26.4. The number of benzene rings is 3. The molecular weight excluding hydrogens is 380 g/mol. The molecule has 0 amide bonds. The molecule has 0 atom stereocenters. The van der Waals surface area contributed by atoms with E-state index in [9.17, 15) is 4.79 Å². The molecule has 0 aliphatic carbocycles. The minimum atomic E-state index is -0.600. The highest BCUT2D eigenvalue weighted by Gasteiger charge is 2.42. The van der Waals surface area contributed by atoms with Crippen LogP contribution in [0.25, 0.3) is 11.1 Å². The first kappa shape index (κ1) is 20.1. The minimum absolute atomic E-state index is 0.101. The average molecular weight is 404 g/mol. The van der Waals surface area contributed by atoms with Gasteiger partial charge in [-0.25, -0.2) is 4.79 Å². The first-order valence-electron chi connectivity index (χ1n) is 9.85. The topological polar surface area (TPSA) is 54.0 Å². The summed E-state index contributed by atoms with van der Waals surface area (Å²) in [6.07, 6.45) is 0. The number of hydrogen-bond acceptors (Lipinski definition) is 5. The van der Waals surface area contributed by atoms with Crippen LogP contribution in [0.2, 0.25) is 0 Å². The summed E-state index contributed by atoms with van der Waals surface area (Å²) in [5, 5.41) is 0. The predicted octanol–water partition coefficient (Wildman–Crippen LogP) is 4.35. The van der Waals surface area contributed by atoms with E-state index in [1.807, 2.05) is 48.5 Å². The molecule has 0 radical (unpaired) electrons. The van der Waals surface area contributed by atoms with Crippen LogP contribution in [-0.2, 0) is 31.2 Å². The quantitative estimate of drug-likeness (QED) is 0.523. The van der Waals surface area contributed by atoms with Crippen LogP contribution in [0.4, 0.5) is 0 Å². The lowest BCUT2D eigenvalue weighted by atomic mass is 9.91. The molecule has 0 unspecified atom stereocenters. The molecule has 5 heteroatoms. The summed E-state index contributed by atoms with van der Waals surface area (Å²) in [6.45, 7) is 1.20. The molecule has 4 rings (SSSR count). The van der Waals surface area contributed by atoms with E-state index in [0.29, 0.717) is 19.8 Å². The van der Waals surface area contributed by atoms with Crippen molar-refractivity contribution in [2.24, 2.45) is 0 Å². The monoisotopic (exact) mass is 404 g/mol. The minimum Gasteiger partial charge on any atom is -0.489 e. The maximum atomic E-state index is 11.4. The summed E-state index contributed by atoms with van der Waals surface area (Å²) in [5.41, 5.74) is 3.81. The van der Waals surface area contributed by atoms with E-state index < -0.39 is 11.6 Å². The molecule has 0 aromatic heterocycles. The molecule has 1 aliphatic heterocycles. The number of esters is 1. The van der Waals surface area contributed by atoms with Crippen LogP contribution >= 0.6 is 0 Å². The molecule has 1 heterocycles. The largest absolute Gasteiger partial charge is 0.489 e. The Bertz CT molecular complexity index is 978. The second kappa shape index (κ2) is 9.11. The van der Waals surface area contributed by atoms with Gasteiger partial charge in [-0.3, -0.25) is 0 Å². The third-order valence-corrected chi connectivity index (χ3v) is 5.18. The van der Waals surface area contributed by atoms with Crippen molar-refractivity contribution in [2.75, 3.05) is 26.9 Å². The summed E-state index contributed by atoms with van der Waals surface area (Å²) in [5.74, 6) is 0.367. The fourth-order valence-corrected chi connectivity index (χ4v) is 3.37. The van der Waals surface area contributed by atoms with E-state index >= 15 is 0 Å². The predicted molar refractivity (Wildman–Crippen MR) is 113 cm³/mol. The van der Waals surface area contributed by atoms with Gasteiger partial charge in [-0.05, 0) is 40.5 Å². The molecule has 1 aliphatic rings. The Hall–Kier alpha value is -3.15. The molecule has 1 fully saturated rings.